The summed E-state index contributed by atoms with van der Waals surface area (Å²) in [5.74, 6) is -0.629. The fourth-order valence-electron chi connectivity index (χ4n) is 1.68. The van der Waals surface area contributed by atoms with Crippen molar-refractivity contribution in [3.05, 3.63) is 34.2 Å². The van der Waals surface area contributed by atoms with Crippen LogP contribution in [0.1, 0.15) is 10.5 Å². The largest absolute Gasteiger partial charge is 0.375 e. The van der Waals surface area contributed by atoms with Crippen LogP contribution in [0.4, 0.5) is 0 Å². The fraction of sp³-hybridized carbons (Fsp3) is 0.250. The third-order valence-corrected chi connectivity index (χ3v) is 3.18. The molecule has 1 unspecified atom stereocenters. The second-order valence-electron chi connectivity index (χ2n) is 4.22. The Bertz CT molecular complexity index is 622. The number of amides is 2. The van der Waals surface area contributed by atoms with Crippen LogP contribution in [0.3, 0.4) is 0 Å². The van der Waals surface area contributed by atoms with Gasteiger partial charge in [0, 0.05) is 24.3 Å². The summed E-state index contributed by atoms with van der Waals surface area (Å²) in [5, 5.41) is 5.05. The highest BCUT2D eigenvalue weighted by Crippen LogP contribution is 2.10. The zero-order valence-electron chi connectivity index (χ0n) is 11.1. The van der Waals surface area contributed by atoms with Gasteiger partial charge in [0.25, 0.3) is 11.8 Å². The van der Waals surface area contributed by atoms with E-state index in [4.69, 9.17) is 10.5 Å². The van der Waals surface area contributed by atoms with Crippen molar-refractivity contribution in [2.45, 2.75) is 6.10 Å². The minimum Gasteiger partial charge on any atom is -0.375 e. The predicted octanol–water partition coefficient (Wildman–Crippen LogP) is -0.150. The van der Waals surface area contributed by atoms with Crippen LogP contribution in [0.25, 0.3) is 0 Å². The highest BCUT2D eigenvalue weighted by molar-refractivity contribution is 9.10. The molecule has 1 aliphatic heterocycles. The average Bonchev–Trinajstić information content (AvgIpc) is 3.00. The van der Waals surface area contributed by atoms with Gasteiger partial charge in [-0.3, -0.25) is 14.9 Å². The molecule has 9 heteroatoms. The van der Waals surface area contributed by atoms with Crippen molar-refractivity contribution in [3.8, 4) is 0 Å². The van der Waals surface area contributed by atoms with E-state index in [9.17, 15) is 9.59 Å². The van der Waals surface area contributed by atoms with Crippen LogP contribution in [0.15, 0.2) is 33.5 Å². The predicted molar refractivity (Wildman–Crippen MR) is 79.5 cm³/mol. The normalized spacial score (nSPS) is 17.5. The maximum atomic E-state index is 11.9. The zero-order valence-corrected chi connectivity index (χ0v) is 12.7. The number of aromatic amines is 1. The quantitative estimate of drug-likeness (QED) is 0.548. The van der Waals surface area contributed by atoms with Gasteiger partial charge in [0.05, 0.1) is 6.10 Å². The molecule has 0 saturated heterocycles. The molecule has 0 aliphatic carbocycles. The fourth-order valence-corrected chi connectivity index (χ4v) is 2.02. The number of aromatic nitrogens is 1. The molecule has 8 nitrogen and oxygen atoms in total. The summed E-state index contributed by atoms with van der Waals surface area (Å²) in [5.41, 5.74) is 5.98. The summed E-state index contributed by atoms with van der Waals surface area (Å²) < 4.78 is 5.97. The van der Waals surface area contributed by atoms with E-state index >= 15 is 0 Å². The second-order valence-corrected chi connectivity index (χ2v) is 5.13. The maximum absolute atomic E-state index is 11.9. The van der Waals surface area contributed by atoms with E-state index in [2.05, 4.69) is 36.5 Å². The van der Waals surface area contributed by atoms with E-state index in [1.807, 2.05) is 0 Å². The van der Waals surface area contributed by atoms with Gasteiger partial charge in [-0.25, -0.2) is 4.99 Å². The molecule has 2 rings (SSSR count). The number of halogens is 1. The molecule has 0 saturated carbocycles. The first-order valence-corrected chi connectivity index (χ1v) is 6.81. The van der Waals surface area contributed by atoms with Crippen LogP contribution in [-0.4, -0.2) is 42.5 Å². The Morgan fingerprint density at radius 3 is 2.95 bits per heavy atom. The number of ether oxygens (including phenoxy) is 1. The number of hydrogen-bond donors (Lipinski definition) is 4. The standard InChI is InChI=1S/C12H14BrN5O3/c1-21-7(3-9-11(20)18-12(14)17-9)5-16-10(19)8-2-6(13)4-15-8/h2-4,7,15H,5H2,1H3,(H,16,19)(H3,14,17,18,20)/b9-3-. The Balaban J connectivity index is 1.96. The molecule has 1 atom stereocenters. The molecule has 1 aromatic heterocycles. The number of hydrogen-bond acceptors (Lipinski definition) is 5. The third kappa shape index (κ3) is 3.92. The number of guanidine groups is 1. The van der Waals surface area contributed by atoms with Crippen molar-refractivity contribution in [2.75, 3.05) is 13.7 Å². The van der Waals surface area contributed by atoms with Gasteiger partial charge in [-0.05, 0) is 28.1 Å². The molecule has 1 aromatic rings. The average molecular weight is 356 g/mol. The van der Waals surface area contributed by atoms with Crippen LogP contribution < -0.4 is 16.4 Å². The van der Waals surface area contributed by atoms with Gasteiger partial charge >= 0.3 is 0 Å². The minimum absolute atomic E-state index is 0.0429. The summed E-state index contributed by atoms with van der Waals surface area (Å²) in [4.78, 5) is 30.0. The maximum Gasteiger partial charge on any atom is 0.276 e. The lowest BCUT2D eigenvalue weighted by atomic mass is 10.2. The minimum atomic E-state index is -0.497. The van der Waals surface area contributed by atoms with Crippen molar-refractivity contribution >= 4 is 33.7 Å². The van der Waals surface area contributed by atoms with Crippen molar-refractivity contribution in [1.29, 1.82) is 0 Å². The van der Waals surface area contributed by atoms with Gasteiger partial charge in [0.2, 0.25) is 5.96 Å². The van der Waals surface area contributed by atoms with E-state index < -0.39 is 12.0 Å². The molecular weight excluding hydrogens is 342 g/mol. The Labute approximate surface area is 129 Å². The summed E-state index contributed by atoms with van der Waals surface area (Å²) in [6, 6.07) is 1.66. The lowest BCUT2D eigenvalue weighted by molar-refractivity contribution is -0.115. The highest BCUT2D eigenvalue weighted by Gasteiger charge is 2.20. The third-order valence-electron chi connectivity index (χ3n) is 2.72. The number of carbonyl (C=O) groups excluding carboxylic acids is 2. The van der Waals surface area contributed by atoms with E-state index in [1.165, 1.54) is 13.2 Å². The lowest BCUT2D eigenvalue weighted by Crippen LogP contribution is -2.33. The molecule has 2 heterocycles. The molecule has 112 valence electrons. The van der Waals surface area contributed by atoms with Gasteiger partial charge in [-0.1, -0.05) is 0 Å². The van der Waals surface area contributed by atoms with Crippen molar-refractivity contribution in [2.24, 2.45) is 10.7 Å². The van der Waals surface area contributed by atoms with Crippen LogP contribution >= 0.6 is 15.9 Å². The van der Waals surface area contributed by atoms with Gasteiger partial charge in [0.1, 0.15) is 11.4 Å². The first kappa shape index (κ1) is 15.3. The zero-order chi connectivity index (χ0) is 15.4. The number of aliphatic imine (C=N–C) groups is 1. The Morgan fingerprint density at radius 1 is 1.67 bits per heavy atom. The first-order chi connectivity index (χ1) is 9.99. The topological polar surface area (TPSA) is 122 Å². The SMILES string of the molecule is COC(/C=C1\N=C(N)NC1=O)CNC(=O)c1cc(Br)c[nH]1. The van der Waals surface area contributed by atoms with E-state index in [1.54, 1.807) is 12.3 Å². The van der Waals surface area contributed by atoms with E-state index in [0.717, 1.165) is 4.47 Å². The molecular formula is C12H14BrN5O3. The molecule has 5 N–H and O–H groups in total. The lowest BCUT2D eigenvalue weighted by Gasteiger charge is -2.12. The highest BCUT2D eigenvalue weighted by atomic mass is 79.9. The van der Waals surface area contributed by atoms with Crippen molar-refractivity contribution in [1.82, 2.24) is 15.6 Å². The summed E-state index contributed by atoms with van der Waals surface area (Å²) >= 11 is 3.25. The van der Waals surface area contributed by atoms with Crippen LogP contribution in [0, 0.1) is 0 Å². The molecule has 0 fully saturated rings. The van der Waals surface area contributed by atoms with Crippen LogP contribution in [0.5, 0.6) is 0 Å². The van der Waals surface area contributed by atoms with Crippen molar-refractivity contribution < 1.29 is 14.3 Å². The number of carbonyl (C=O) groups is 2. The molecule has 0 spiro atoms. The van der Waals surface area contributed by atoms with Gasteiger partial charge < -0.3 is 20.8 Å². The molecule has 0 radical (unpaired) electrons. The number of H-pyrrole nitrogens is 1. The van der Waals surface area contributed by atoms with Crippen LogP contribution in [-0.2, 0) is 9.53 Å². The number of nitrogens with zero attached hydrogens (tertiary/aromatic N) is 1. The number of methoxy groups -OCH3 is 1. The summed E-state index contributed by atoms with van der Waals surface area (Å²) in [6.45, 7) is 0.193. The van der Waals surface area contributed by atoms with Gasteiger partial charge in [-0.15, -0.1) is 0 Å². The number of rotatable bonds is 5. The van der Waals surface area contributed by atoms with E-state index in [0.29, 0.717) is 5.69 Å². The number of nitrogens with one attached hydrogen (secondary N) is 3. The molecule has 21 heavy (non-hydrogen) atoms. The molecule has 0 aromatic carbocycles. The summed E-state index contributed by atoms with van der Waals surface area (Å²) in [6.07, 6.45) is 2.66. The van der Waals surface area contributed by atoms with Crippen LogP contribution in [0.2, 0.25) is 0 Å². The Morgan fingerprint density at radius 2 is 2.43 bits per heavy atom. The first-order valence-electron chi connectivity index (χ1n) is 6.02. The second kappa shape index (κ2) is 6.55. The Kier molecular flexibility index (Phi) is 4.76. The molecule has 2 amide bonds. The monoisotopic (exact) mass is 355 g/mol. The Hall–Kier alpha value is -2.13. The van der Waals surface area contributed by atoms with E-state index in [-0.39, 0.29) is 24.1 Å². The van der Waals surface area contributed by atoms with Gasteiger partial charge in [-0.2, -0.15) is 0 Å². The number of nitrogens with two attached hydrogens (primary N) is 1. The van der Waals surface area contributed by atoms with Gasteiger partial charge in [0.15, 0.2) is 0 Å². The molecule has 1 aliphatic rings. The smallest absolute Gasteiger partial charge is 0.276 e. The molecule has 0 bridgehead atoms. The van der Waals surface area contributed by atoms with Crippen molar-refractivity contribution in [3.63, 3.8) is 0 Å². The summed E-state index contributed by atoms with van der Waals surface area (Å²) in [7, 11) is 1.47.